The van der Waals surface area contributed by atoms with E-state index in [1.807, 2.05) is 30.3 Å². The van der Waals surface area contributed by atoms with E-state index in [1.165, 1.54) is 7.85 Å². The summed E-state index contributed by atoms with van der Waals surface area (Å²) in [5.74, 6) is -0.976. The maximum atomic E-state index is 10.7. The molecule has 0 saturated carbocycles. The van der Waals surface area contributed by atoms with E-state index >= 15 is 0 Å². The van der Waals surface area contributed by atoms with Gasteiger partial charge in [-0.3, -0.25) is 4.79 Å². The number of carboxylic acids is 1. The molecule has 0 aliphatic rings. The van der Waals surface area contributed by atoms with Gasteiger partial charge in [-0.2, -0.15) is 0 Å². The highest BCUT2D eigenvalue weighted by molar-refractivity contribution is 6.26. The predicted octanol–water partition coefficient (Wildman–Crippen LogP) is -0.398. The smallest absolute Gasteiger partial charge is 0.315 e. The molecule has 0 bridgehead atoms. The standard InChI is InChI=1S/C9H12BNO2/c10-9(11,8(12)13)6-7-4-2-1-3-5-7/h1-5H,6,10-11H2,(H,12,13)/t9-/m0/s1. The summed E-state index contributed by atoms with van der Waals surface area (Å²) in [5.41, 5.74) is 5.35. The van der Waals surface area contributed by atoms with E-state index in [4.69, 9.17) is 10.8 Å². The highest BCUT2D eigenvalue weighted by Crippen LogP contribution is 2.07. The maximum absolute atomic E-state index is 10.7. The Morgan fingerprint density at radius 3 is 2.46 bits per heavy atom. The second kappa shape index (κ2) is 3.62. The van der Waals surface area contributed by atoms with Gasteiger partial charge < -0.3 is 10.8 Å². The molecule has 1 atom stereocenters. The summed E-state index contributed by atoms with van der Waals surface area (Å²) in [7, 11) is 1.52. The first-order valence-electron chi connectivity index (χ1n) is 4.08. The van der Waals surface area contributed by atoms with Crippen LogP contribution in [0.5, 0.6) is 0 Å². The predicted molar refractivity (Wildman–Crippen MR) is 53.2 cm³/mol. The molecular weight excluding hydrogens is 165 g/mol. The Labute approximate surface area is 78.0 Å². The van der Waals surface area contributed by atoms with Crippen LogP contribution in [-0.4, -0.2) is 24.4 Å². The Morgan fingerprint density at radius 2 is 2.00 bits per heavy atom. The van der Waals surface area contributed by atoms with E-state index in [2.05, 4.69) is 0 Å². The van der Waals surface area contributed by atoms with Gasteiger partial charge in [0.2, 0.25) is 0 Å². The molecule has 0 aliphatic heterocycles. The molecule has 0 amide bonds. The van der Waals surface area contributed by atoms with Gasteiger partial charge in [-0.1, -0.05) is 30.3 Å². The Balaban J connectivity index is 2.75. The first-order chi connectivity index (χ1) is 6.02. The van der Waals surface area contributed by atoms with Crippen LogP contribution >= 0.6 is 0 Å². The minimum atomic E-state index is -1.18. The fraction of sp³-hybridized carbons (Fsp3) is 0.222. The molecule has 1 aromatic rings. The average Bonchev–Trinajstić information content (AvgIpc) is 2.05. The fourth-order valence-corrected chi connectivity index (χ4v) is 1.10. The third kappa shape index (κ3) is 2.59. The molecule has 0 spiro atoms. The van der Waals surface area contributed by atoms with Crippen LogP contribution in [-0.2, 0) is 11.2 Å². The first-order valence-corrected chi connectivity index (χ1v) is 4.08. The topological polar surface area (TPSA) is 63.3 Å². The number of rotatable bonds is 3. The zero-order valence-corrected chi connectivity index (χ0v) is 7.53. The molecule has 0 saturated heterocycles. The number of hydrogen-bond acceptors (Lipinski definition) is 2. The summed E-state index contributed by atoms with van der Waals surface area (Å²) in [6, 6.07) is 9.36. The molecule has 68 valence electrons. The van der Waals surface area contributed by atoms with Crippen molar-refractivity contribution in [2.45, 2.75) is 11.9 Å². The van der Waals surface area contributed by atoms with Crippen LogP contribution in [0.2, 0.25) is 0 Å². The van der Waals surface area contributed by atoms with E-state index in [1.54, 1.807) is 0 Å². The normalized spacial score (nSPS) is 14.8. The van der Waals surface area contributed by atoms with Crippen LogP contribution in [0.4, 0.5) is 0 Å². The van der Waals surface area contributed by atoms with Crippen LogP contribution in [0.1, 0.15) is 5.56 Å². The van der Waals surface area contributed by atoms with Crippen molar-refractivity contribution in [2.75, 3.05) is 0 Å². The molecule has 0 heterocycles. The lowest BCUT2D eigenvalue weighted by Gasteiger charge is -2.18. The Kier molecular flexibility index (Phi) is 2.73. The van der Waals surface area contributed by atoms with Crippen molar-refractivity contribution >= 4 is 13.8 Å². The van der Waals surface area contributed by atoms with Gasteiger partial charge in [-0.25, -0.2) is 0 Å². The largest absolute Gasteiger partial charge is 0.480 e. The summed E-state index contributed by atoms with van der Waals surface area (Å²) in [4.78, 5) is 10.7. The van der Waals surface area contributed by atoms with Crippen LogP contribution in [0.15, 0.2) is 30.3 Å². The van der Waals surface area contributed by atoms with Gasteiger partial charge in [0.25, 0.3) is 0 Å². The van der Waals surface area contributed by atoms with Crippen molar-refractivity contribution in [1.82, 2.24) is 0 Å². The molecule has 3 N–H and O–H groups in total. The van der Waals surface area contributed by atoms with Crippen molar-refractivity contribution < 1.29 is 9.90 Å². The van der Waals surface area contributed by atoms with E-state index in [-0.39, 0.29) is 0 Å². The number of carbonyl (C=O) groups is 1. The van der Waals surface area contributed by atoms with Crippen LogP contribution in [0, 0.1) is 0 Å². The summed E-state index contributed by atoms with van der Waals surface area (Å²) < 4.78 is 0. The van der Waals surface area contributed by atoms with Crippen molar-refractivity contribution in [1.29, 1.82) is 0 Å². The lowest BCUT2D eigenvalue weighted by Crippen LogP contribution is -2.50. The Bertz CT molecular complexity index is 298. The molecule has 0 fully saturated rings. The second-order valence-corrected chi connectivity index (χ2v) is 3.38. The fourth-order valence-electron chi connectivity index (χ4n) is 1.10. The third-order valence-corrected chi connectivity index (χ3v) is 1.90. The van der Waals surface area contributed by atoms with Gasteiger partial charge in [-0.05, 0) is 12.0 Å². The first kappa shape index (κ1) is 9.80. The lowest BCUT2D eigenvalue weighted by molar-refractivity contribution is -0.140. The summed E-state index contributed by atoms with van der Waals surface area (Å²) >= 11 is 0. The number of carboxylic acid groups (broad SMARTS) is 1. The highest BCUT2D eigenvalue weighted by Gasteiger charge is 2.27. The minimum Gasteiger partial charge on any atom is -0.480 e. The van der Waals surface area contributed by atoms with Gasteiger partial charge in [0, 0.05) is 0 Å². The van der Waals surface area contributed by atoms with Gasteiger partial charge in [-0.15, -0.1) is 0 Å². The van der Waals surface area contributed by atoms with Crippen LogP contribution in [0.25, 0.3) is 0 Å². The monoisotopic (exact) mass is 177 g/mol. The molecule has 0 aliphatic carbocycles. The van der Waals surface area contributed by atoms with Crippen molar-refractivity contribution in [3.8, 4) is 0 Å². The Hall–Kier alpha value is -1.29. The molecule has 1 aromatic carbocycles. The highest BCUT2D eigenvalue weighted by atomic mass is 16.4. The summed E-state index contributed by atoms with van der Waals surface area (Å²) in [6.07, 6.45) is 0.350. The second-order valence-electron chi connectivity index (χ2n) is 3.38. The maximum Gasteiger partial charge on any atom is 0.315 e. The van der Waals surface area contributed by atoms with Gasteiger partial charge in [0.05, 0.1) is 5.44 Å². The zero-order chi connectivity index (χ0) is 9.90. The van der Waals surface area contributed by atoms with Crippen LogP contribution < -0.4 is 5.73 Å². The van der Waals surface area contributed by atoms with E-state index in [0.29, 0.717) is 6.42 Å². The summed E-state index contributed by atoms with van der Waals surface area (Å²) in [6.45, 7) is 0. The lowest BCUT2D eigenvalue weighted by atomic mass is 9.74. The van der Waals surface area contributed by atoms with Gasteiger partial charge in [0.1, 0.15) is 7.85 Å². The number of benzene rings is 1. The van der Waals surface area contributed by atoms with E-state index in [0.717, 1.165) is 5.56 Å². The van der Waals surface area contributed by atoms with Gasteiger partial charge >= 0.3 is 5.97 Å². The average molecular weight is 177 g/mol. The summed E-state index contributed by atoms with van der Waals surface area (Å²) in [5, 5.41) is 8.78. The third-order valence-electron chi connectivity index (χ3n) is 1.90. The van der Waals surface area contributed by atoms with Crippen LogP contribution in [0.3, 0.4) is 0 Å². The number of nitrogens with two attached hydrogens (primary N) is 1. The Morgan fingerprint density at radius 1 is 1.46 bits per heavy atom. The molecule has 0 radical (unpaired) electrons. The molecular formula is C9H12BNO2. The van der Waals surface area contributed by atoms with Crippen molar-refractivity contribution in [2.24, 2.45) is 5.73 Å². The van der Waals surface area contributed by atoms with Gasteiger partial charge in [0.15, 0.2) is 0 Å². The minimum absolute atomic E-state index is 0.350. The molecule has 4 heteroatoms. The molecule has 0 unspecified atom stereocenters. The molecule has 3 nitrogen and oxygen atoms in total. The quantitative estimate of drug-likeness (QED) is 0.617. The molecule has 0 aromatic heterocycles. The van der Waals surface area contributed by atoms with Crippen molar-refractivity contribution in [3.63, 3.8) is 0 Å². The van der Waals surface area contributed by atoms with Crippen molar-refractivity contribution in [3.05, 3.63) is 35.9 Å². The zero-order valence-electron chi connectivity index (χ0n) is 7.53. The molecule has 1 rings (SSSR count). The SMILES string of the molecule is B[C@](N)(Cc1ccccc1)C(=O)O. The van der Waals surface area contributed by atoms with E-state index < -0.39 is 11.4 Å². The number of hydrogen-bond donors (Lipinski definition) is 2. The number of aliphatic carboxylic acids is 1. The molecule has 13 heavy (non-hydrogen) atoms. The van der Waals surface area contributed by atoms with E-state index in [9.17, 15) is 4.79 Å².